The van der Waals surface area contributed by atoms with Crippen molar-refractivity contribution in [3.63, 3.8) is 0 Å². The second kappa shape index (κ2) is 7.91. The Labute approximate surface area is 239 Å². The summed E-state index contributed by atoms with van der Waals surface area (Å²) in [6.45, 7) is 0.279. The Morgan fingerprint density at radius 1 is 0.829 bits per heavy atom. The molecule has 2 saturated heterocycles. The monoisotopic (exact) mass is 533 g/mol. The summed E-state index contributed by atoms with van der Waals surface area (Å²) in [5.74, 6) is 1.95. The molecule has 5 unspecified atom stereocenters. The van der Waals surface area contributed by atoms with E-state index in [1.165, 1.54) is 35.9 Å². The Hall–Kier alpha value is -4.32. The molecule has 198 valence electrons. The predicted molar refractivity (Wildman–Crippen MR) is 166 cm³/mol. The zero-order chi connectivity index (χ0) is 26.8. The molecule has 4 aliphatic heterocycles. The van der Waals surface area contributed by atoms with Crippen LogP contribution in [0.2, 0.25) is 5.82 Å². The number of benzene rings is 3. The number of hydrogen-bond donors (Lipinski definition) is 0. The first kappa shape index (κ1) is 22.4. The summed E-state index contributed by atoms with van der Waals surface area (Å²) >= 11 is 0. The smallest absolute Gasteiger partial charge is 0.316 e. The molecule has 5 atom stereocenters. The quantitative estimate of drug-likeness (QED) is 0.230. The van der Waals surface area contributed by atoms with E-state index in [4.69, 9.17) is 0 Å². The van der Waals surface area contributed by atoms with Gasteiger partial charge in [-0.1, -0.05) is 96.6 Å². The first-order valence-corrected chi connectivity index (χ1v) is 15.2. The number of para-hydroxylation sites is 2. The van der Waals surface area contributed by atoms with Crippen LogP contribution in [-0.4, -0.2) is 46.2 Å². The Bertz CT molecular complexity index is 1870. The molecule has 3 aromatic carbocycles. The molecule has 1 amide bonds. The number of fused-ring (bicyclic) bond motifs is 6. The lowest BCUT2D eigenvalue weighted by molar-refractivity contribution is 0.145. The van der Waals surface area contributed by atoms with Crippen LogP contribution in [0.4, 0.5) is 22.0 Å². The van der Waals surface area contributed by atoms with Crippen LogP contribution >= 0.6 is 0 Å². The van der Waals surface area contributed by atoms with Crippen molar-refractivity contribution in [1.29, 1.82) is 0 Å². The molecule has 0 bridgehead atoms. The van der Waals surface area contributed by atoms with Crippen LogP contribution in [0.15, 0.2) is 109 Å². The zero-order valence-electron chi connectivity index (χ0n) is 22.8. The highest BCUT2D eigenvalue weighted by atomic mass is 16.2. The van der Waals surface area contributed by atoms with Crippen molar-refractivity contribution in [2.75, 3.05) is 4.90 Å². The maximum Gasteiger partial charge on any atom is 0.332 e. The van der Waals surface area contributed by atoms with E-state index in [1.807, 2.05) is 0 Å². The number of carbonyl (C=O) groups excluding carboxylic acids is 1. The van der Waals surface area contributed by atoms with Crippen LogP contribution in [0.25, 0.3) is 10.9 Å². The fraction of sp³-hybridized carbons (Fsp3) is 0.257. The topological polar surface area (TPSA) is 31.5 Å². The third-order valence-corrected chi connectivity index (χ3v) is 10.9. The first-order valence-electron chi connectivity index (χ1n) is 15.2. The number of hydrogen-bond acceptors (Lipinski definition) is 2. The Morgan fingerprint density at radius 2 is 1.59 bits per heavy atom. The van der Waals surface area contributed by atoms with Gasteiger partial charge in [-0.05, 0) is 36.7 Å². The van der Waals surface area contributed by atoms with E-state index in [9.17, 15) is 4.79 Å². The molecular weight excluding hydrogens is 503 g/mol. The molecule has 0 N–H and O–H groups in total. The molecule has 10 rings (SSSR count). The number of amides is 1. The van der Waals surface area contributed by atoms with Gasteiger partial charge in [0.1, 0.15) is 12.2 Å². The van der Waals surface area contributed by atoms with Crippen LogP contribution in [0.5, 0.6) is 0 Å². The molecule has 0 radical (unpaired) electrons. The largest absolute Gasteiger partial charge is 0.332 e. The Morgan fingerprint density at radius 3 is 2.44 bits per heavy atom. The van der Waals surface area contributed by atoms with Gasteiger partial charge >= 0.3 is 6.03 Å². The summed E-state index contributed by atoms with van der Waals surface area (Å²) < 4.78 is 4.52. The van der Waals surface area contributed by atoms with Gasteiger partial charge in [0.25, 0.3) is 5.69 Å². The average Bonchev–Trinajstić information content (AvgIpc) is 3.56. The molecule has 3 fully saturated rings. The van der Waals surface area contributed by atoms with Crippen LogP contribution < -0.4 is 14.9 Å². The normalized spacial score (nSPS) is 28.7. The summed E-state index contributed by atoms with van der Waals surface area (Å²) in [5, 5.41) is 1.14. The third kappa shape index (κ3) is 2.65. The first-order chi connectivity index (χ1) is 20.3. The number of nitrogens with zero attached hydrogens (tertiary/aromatic N) is 4. The van der Waals surface area contributed by atoms with Gasteiger partial charge in [0.2, 0.25) is 18.1 Å². The van der Waals surface area contributed by atoms with Crippen LogP contribution in [-0.2, 0) is 0 Å². The summed E-state index contributed by atoms with van der Waals surface area (Å²) in [4.78, 5) is 19.9. The SMILES string of the molecule is O=C1N2C3CCCCC3C3B(c4ccccc4)C4=CC=CC5=[N+](c6ccccc6)c6c(n1c1ccccc61)N(C45)C32. The molecule has 0 spiro atoms. The molecule has 1 aromatic heterocycles. The van der Waals surface area contributed by atoms with Crippen LogP contribution in [0.1, 0.15) is 25.7 Å². The summed E-state index contributed by atoms with van der Waals surface area (Å²) in [6, 6.07) is 30.9. The standard InChI is InChI=1S/C35H30BN4O/c41-35-38-27-19-9-7-16-24(27)30-33(38)40-32-26(36(30)22-12-3-1-4-13-22)18-11-21-29(32)37(23-14-5-2-6-15-23)31-25-17-8-10-20-28(25)39(35)34(31)40/h1-6,8,10-15,17-18,20-21,24,27,30,32-33H,7,9,16,19H2/q+1. The van der Waals surface area contributed by atoms with E-state index >= 15 is 0 Å². The van der Waals surface area contributed by atoms with Crippen LogP contribution in [0, 0.1) is 5.92 Å². The maximum atomic E-state index is 14.9. The lowest BCUT2D eigenvalue weighted by Gasteiger charge is -2.54. The average molecular weight is 533 g/mol. The van der Waals surface area contributed by atoms with E-state index in [0.717, 1.165) is 34.5 Å². The molecule has 6 heteroatoms. The van der Waals surface area contributed by atoms with E-state index in [1.54, 1.807) is 0 Å². The fourth-order valence-corrected chi connectivity index (χ4v) is 9.57. The molecule has 41 heavy (non-hydrogen) atoms. The van der Waals surface area contributed by atoms with Crippen molar-refractivity contribution in [3.05, 3.63) is 109 Å². The lowest BCUT2D eigenvalue weighted by Crippen LogP contribution is -2.70. The van der Waals surface area contributed by atoms with Gasteiger partial charge in [-0.3, -0.25) is 0 Å². The number of rotatable bonds is 2. The van der Waals surface area contributed by atoms with Crippen molar-refractivity contribution >= 4 is 52.0 Å². The number of carbonyl (C=O) groups is 1. The summed E-state index contributed by atoms with van der Waals surface area (Å²) in [6.07, 6.45) is 11.8. The second-order valence-corrected chi connectivity index (χ2v) is 12.5. The van der Waals surface area contributed by atoms with Gasteiger partial charge < -0.3 is 9.80 Å². The lowest BCUT2D eigenvalue weighted by atomic mass is 9.27. The highest BCUT2D eigenvalue weighted by molar-refractivity contribution is 6.82. The summed E-state index contributed by atoms with van der Waals surface area (Å²) in [7, 11) is 0. The maximum absolute atomic E-state index is 14.9. The third-order valence-electron chi connectivity index (χ3n) is 10.9. The Balaban J connectivity index is 1.35. The zero-order valence-corrected chi connectivity index (χ0v) is 22.8. The molecule has 5 heterocycles. The van der Waals surface area contributed by atoms with Gasteiger partial charge in [0.05, 0.1) is 10.9 Å². The second-order valence-electron chi connectivity index (χ2n) is 12.5. The van der Waals surface area contributed by atoms with E-state index in [-0.39, 0.29) is 25.0 Å². The molecule has 6 aliphatic rings. The van der Waals surface area contributed by atoms with Crippen molar-refractivity contribution in [2.45, 2.75) is 49.8 Å². The van der Waals surface area contributed by atoms with Gasteiger partial charge in [-0.15, -0.1) is 0 Å². The molecule has 5 nitrogen and oxygen atoms in total. The Kier molecular flexibility index (Phi) is 4.32. The minimum absolute atomic E-state index is 0.0536. The fourth-order valence-electron chi connectivity index (χ4n) is 9.57. The van der Waals surface area contributed by atoms with Crippen molar-refractivity contribution in [2.24, 2.45) is 5.92 Å². The highest BCUT2D eigenvalue weighted by Crippen LogP contribution is 2.60. The van der Waals surface area contributed by atoms with Crippen molar-refractivity contribution in [1.82, 2.24) is 14.0 Å². The van der Waals surface area contributed by atoms with E-state index in [2.05, 4.69) is 122 Å². The minimum atomic E-state index is 0.0536. The van der Waals surface area contributed by atoms with Crippen molar-refractivity contribution < 1.29 is 4.79 Å². The summed E-state index contributed by atoms with van der Waals surface area (Å²) in [5.41, 5.74) is 7.44. The minimum Gasteiger partial charge on any atom is -0.316 e. The number of allylic oxidation sites excluding steroid dienone is 2. The predicted octanol–water partition coefficient (Wildman–Crippen LogP) is 6.11. The van der Waals surface area contributed by atoms with Crippen LogP contribution in [0.3, 0.4) is 0 Å². The highest BCUT2D eigenvalue weighted by Gasteiger charge is 2.68. The molecule has 2 aliphatic carbocycles. The van der Waals surface area contributed by atoms with Gasteiger partial charge in [0, 0.05) is 24.3 Å². The van der Waals surface area contributed by atoms with Crippen molar-refractivity contribution in [3.8, 4) is 0 Å². The molecule has 1 saturated carbocycles. The molecular formula is C35H30BN4O+. The van der Waals surface area contributed by atoms with E-state index in [0.29, 0.717) is 17.8 Å². The van der Waals surface area contributed by atoms with E-state index < -0.39 is 0 Å². The molecule has 4 aromatic rings. The van der Waals surface area contributed by atoms with Gasteiger partial charge in [-0.2, -0.15) is 4.58 Å². The van der Waals surface area contributed by atoms with Gasteiger partial charge in [0.15, 0.2) is 5.82 Å². The number of anilines is 1. The van der Waals surface area contributed by atoms with Gasteiger partial charge in [-0.25, -0.2) is 9.36 Å². The number of aromatic nitrogens is 1.